The van der Waals surface area contributed by atoms with E-state index in [0.717, 1.165) is 39.2 Å². The quantitative estimate of drug-likeness (QED) is 0.418. The molecular formula is C22H26N4O3S. The summed E-state index contributed by atoms with van der Waals surface area (Å²) in [5, 5.41) is 3.66. The Morgan fingerprint density at radius 1 is 1.00 bits per heavy atom. The summed E-state index contributed by atoms with van der Waals surface area (Å²) in [5.41, 5.74) is 3.80. The van der Waals surface area contributed by atoms with Gasteiger partial charge in [0.05, 0.1) is 25.6 Å². The highest BCUT2D eigenvalue weighted by molar-refractivity contribution is 7.99. The van der Waals surface area contributed by atoms with E-state index in [9.17, 15) is 4.79 Å². The predicted octanol–water partition coefficient (Wildman–Crippen LogP) is 4.12. The molecule has 2 N–H and O–H groups in total. The number of hydrogen-bond donors (Lipinski definition) is 2. The SMILES string of the molecule is COc1ccc(-c2nc(SCCNC(=O)N(C)C)[nH]c2-c2ccc(OC)cc2)cc1. The van der Waals surface area contributed by atoms with E-state index in [1.807, 2.05) is 48.5 Å². The van der Waals surface area contributed by atoms with Gasteiger partial charge in [-0.25, -0.2) is 9.78 Å². The van der Waals surface area contributed by atoms with Crippen LogP contribution in [0.1, 0.15) is 0 Å². The Bertz CT molecular complexity index is 904. The fourth-order valence-electron chi connectivity index (χ4n) is 2.81. The molecule has 2 aromatic carbocycles. The third kappa shape index (κ3) is 5.27. The number of imidazole rings is 1. The maximum Gasteiger partial charge on any atom is 0.316 e. The lowest BCUT2D eigenvalue weighted by Gasteiger charge is -2.11. The fourth-order valence-corrected chi connectivity index (χ4v) is 3.54. The highest BCUT2D eigenvalue weighted by Gasteiger charge is 2.15. The summed E-state index contributed by atoms with van der Waals surface area (Å²) in [6.07, 6.45) is 0. The number of rotatable bonds is 8. The van der Waals surface area contributed by atoms with E-state index >= 15 is 0 Å². The van der Waals surface area contributed by atoms with Gasteiger partial charge in [-0.3, -0.25) is 0 Å². The Hall–Kier alpha value is -3.13. The molecular weight excluding hydrogens is 400 g/mol. The van der Waals surface area contributed by atoms with Gasteiger partial charge in [-0.2, -0.15) is 0 Å². The summed E-state index contributed by atoms with van der Waals surface area (Å²) < 4.78 is 10.5. The lowest BCUT2D eigenvalue weighted by molar-refractivity contribution is 0.218. The number of benzene rings is 2. The van der Waals surface area contributed by atoms with Crippen molar-refractivity contribution in [2.75, 3.05) is 40.6 Å². The van der Waals surface area contributed by atoms with Gasteiger partial charge in [0.25, 0.3) is 0 Å². The molecule has 2 amide bonds. The molecule has 30 heavy (non-hydrogen) atoms. The first kappa shape index (κ1) is 21.6. The minimum Gasteiger partial charge on any atom is -0.497 e. The first-order valence-electron chi connectivity index (χ1n) is 9.48. The zero-order valence-corrected chi connectivity index (χ0v) is 18.4. The Balaban J connectivity index is 1.83. The molecule has 0 aliphatic rings. The molecule has 0 fully saturated rings. The Kier molecular flexibility index (Phi) is 7.24. The minimum atomic E-state index is -0.104. The van der Waals surface area contributed by atoms with Crippen molar-refractivity contribution in [3.8, 4) is 34.0 Å². The number of carbonyl (C=O) groups excluding carboxylic acids is 1. The normalized spacial score (nSPS) is 10.5. The molecule has 158 valence electrons. The third-order valence-electron chi connectivity index (χ3n) is 4.45. The second-order valence-electron chi connectivity index (χ2n) is 6.70. The fraction of sp³-hybridized carbons (Fsp3) is 0.273. The number of H-pyrrole nitrogens is 1. The van der Waals surface area contributed by atoms with Crippen LogP contribution in [0.15, 0.2) is 53.7 Å². The largest absolute Gasteiger partial charge is 0.497 e. The Labute approximate surface area is 180 Å². The molecule has 0 aliphatic heterocycles. The highest BCUT2D eigenvalue weighted by Crippen LogP contribution is 2.34. The smallest absolute Gasteiger partial charge is 0.316 e. The second kappa shape index (κ2) is 10.1. The molecule has 0 aliphatic carbocycles. The van der Waals surface area contributed by atoms with Crippen LogP contribution in [0.3, 0.4) is 0 Å². The van der Waals surface area contributed by atoms with Crippen LogP contribution >= 0.6 is 11.8 Å². The zero-order chi connectivity index (χ0) is 21.5. The molecule has 0 bridgehead atoms. The summed E-state index contributed by atoms with van der Waals surface area (Å²) >= 11 is 1.56. The van der Waals surface area contributed by atoms with Crippen molar-refractivity contribution in [3.05, 3.63) is 48.5 Å². The van der Waals surface area contributed by atoms with Gasteiger partial charge in [-0.1, -0.05) is 11.8 Å². The first-order valence-corrected chi connectivity index (χ1v) is 10.5. The average molecular weight is 427 g/mol. The molecule has 7 nitrogen and oxygen atoms in total. The van der Waals surface area contributed by atoms with Gasteiger partial charge in [0.1, 0.15) is 11.5 Å². The van der Waals surface area contributed by atoms with E-state index in [2.05, 4.69) is 10.3 Å². The van der Waals surface area contributed by atoms with E-state index < -0.39 is 0 Å². The third-order valence-corrected chi connectivity index (χ3v) is 5.32. The minimum absolute atomic E-state index is 0.104. The van der Waals surface area contributed by atoms with Gasteiger partial charge in [0, 0.05) is 37.5 Å². The van der Waals surface area contributed by atoms with Gasteiger partial charge in [0.2, 0.25) is 0 Å². The highest BCUT2D eigenvalue weighted by atomic mass is 32.2. The number of aromatic amines is 1. The number of ether oxygens (including phenoxy) is 2. The van der Waals surface area contributed by atoms with E-state index in [1.54, 1.807) is 40.1 Å². The Morgan fingerprint density at radius 2 is 1.57 bits per heavy atom. The zero-order valence-electron chi connectivity index (χ0n) is 17.6. The van der Waals surface area contributed by atoms with Crippen LogP contribution in [-0.2, 0) is 0 Å². The molecule has 0 radical (unpaired) electrons. The summed E-state index contributed by atoms with van der Waals surface area (Å²) in [7, 11) is 6.74. The molecule has 0 spiro atoms. The van der Waals surface area contributed by atoms with Gasteiger partial charge in [0.15, 0.2) is 5.16 Å². The van der Waals surface area contributed by atoms with E-state index in [4.69, 9.17) is 14.5 Å². The number of thioether (sulfide) groups is 1. The van der Waals surface area contributed by atoms with Crippen molar-refractivity contribution in [1.82, 2.24) is 20.2 Å². The molecule has 3 rings (SSSR count). The van der Waals surface area contributed by atoms with Crippen LogP contribution in [0.4, 0.5) is 4.79 Å². The van der Waals surface area contributed by atoms with Gasteiger partial charge in [-0.15, -0.1) is 0 Å². The number of urea groups is 1. The van der Waals surface area contributed by atoms with Crippen molar-refractivity contribution in [3.63, 3.8) is 0 Å². The second-order valence-corrected chi connectivity index (χ2v) is 7.78. The summed E-state index contributed by atoms with van der Waals surface area (Å²) in [6.45, 7) is 0.554. The van der Waals surface area contributed by atoms with Gasteiger partial charge in [-0.05, 0) is 48.5 Å². The first-order chi connectivity index (χ1) is 14.5. The van der Waals surface area contributed by atoms with Gasteiger partial charge < -0.3 is 24.7 Å². The standard InChI is InChI=1S/C22H26N4O3S/c1-26(2)22(27)23-13-14-30-21-24-19(15-5-9-17(28-3)10-6-15)20(25-21)16-7-11-18(29-4)12-8-16/h5-12H,13-14H2,1-4H3,(H,23,27)(H,24,25). The number of methoxy groups -OCH3 is 2. The van der Waals surface area contributed by atoms with Crippen molar-refractivity contribution in [1.29, 1.82) is 0 Å². The number of nitrogens with one attached hydrogen (secondary N) is 2. The van der Waals surface area contributed by atoms with Crippen LogP contribution in [-0.4, -0.2) is 61.5 Å². The van der Waals surface area contributed by atoms with Crippen LogP contribution in [0.2, 0.25) is 0 Å². The van der Waals surface area contributed by atoms with Crippen molar-refractivity contribution in [2.45, 2.75) is 5.16 Å². The number of amides is 2. The molecule has 1 aromatic heterocycles. The summed E-state index contributed by atoms with van der Waals surface area (Å²) in [6, 6.07) is 15.6. The van der Waals surface area contributed by atoms with Crippen molar-refractivity contribution >= 4 is 17.8 Å². The van der Waals surface area contributed by atoms with E-state index in [0.29, 0.717) is 12.3 Å². The van der Waals surface area contributed by atoms with Crippen LogP contribution in [0, 0.1) is 0 Å². The molecule has 8 heteroatoms. The van der Waals surface area contributed by atoms with E-state index in [-0.39, 0.29) is 6.03 Å². The molecule has 0 atom stereocenters. The lowest BCUT2D eigenvalue weighted by Crippen LogP contribution is -2.35. The van der Waals surface area contributed by atoms with Gasteiger partial charge >= 0.3 is 6.03 Å². The number of carbonyl (C=O) groups is 1. The number of nitrogens with zero attached hydrogens (tertiary/aromatic N) is 2. The molecule has 1 heterocycles. The molecule has 3 aromatic rings. The maximum absolute atomic E-state index is 11.6. The van der Waals surface area contributed by atoms with E-state index in [1.165, 1.54) is 4.90 Å². The lowest BCUT2D eigenvalue weighted by atomic mass is 10.0. The average Bonchev–Trinajstić information content (AvgIpc) is 3.20. The summed E-state index contributed by atoms with van der Waals surface area (Å²) in [4.78, 5) is 21.4. The van der Waals surface area contributed by atoms with Crippen LogP contribution < -0.4 is 14.8 Å². The molecule has 0 saturated carbocycles. The van der Waals surface area contributed by atoms with Crippen LogP contribution in [0.5, 0.6) is 11.5 Å². The van der Waals surface area contributed by atoms with Crippen molar-refractivity contribution in [2.24, 2.45) is 0 Å². The topological polar surface area (TPSA) is 79.5 Å². The molecule has 0 saturated heterocycles. The number of aromatic nitrogens is 2. The van der Waals surface area contributed by atoms with Crippen LogP contribution in [0.25, 0.3) is 22.5 Å². The molecule has 0 unspecified atom stereocenters. The monoisotopic (exact) mass is 426 g/mol. The predicted molar refractivity (Wildman–Crippen MR) is 120 cm³/mol. The maximum atomic E-state index is 11.6. The van der Waals surface area contributed by atoms with Crippen molar-refractivity contribution < 1.29 is 14.3 Å². The summed E-state index contributed by atoms with van der Waals surface area (Å²) in [5.74, 6) is 2.30. The Morgan fingerprint density at radius 3 is 2.10 bits per heavy atom. The number of hydrogen-bond acceptors (Lipinski definition) is 5.